The van der Waals surface area contributed by atoms with Crippen LogP contribution in [-0.2, 0) is 0 Å². The molecule has 5 nitrogen and oxygen atoms in total. The second-order valence-corrected chi connectivity index (χ2v) is 14.0. The molecular formula is C47H33N5S. The van der Waals surface area contributed by atoms with Crippen molar-refractivity contribution in [3.8, 4) is 5.82 Å². The number of hydrogen-bond donors (Lipinski definition) is 0. The number of anilines is 4. The first-order valence-corrected chi connectivity index (χ1v) is 18.6. The first kappa shape index (κ1) is 31.0. The zero-order valence-corrected chi connectivity index (χ0v) is 29.6. The average Bonchev–Trinajstić information content (AvgIpc) is 3.94. The summed E-state index contributed by atoms with van der Waals surface area (Å²) in [6.45, 7) is 0.682. The molecule has 0 unspecified atom stereocenters. The lowest BCUT2D eigenvalue weighted by Gasteiger charge is -2.23. The minimum absolute atomic E-state index is 0.682. The molecule has 4 heterocycles. The van der Waals surface area contributed by atoms with Gasteiger partial charge in [-0.15, -0.1) is 11.3 Å². The predicted molar refractivity (Wildman–Crippen MR) is 221 cm³/mol. The van der Waals surface area contributed by atoms with E-state index >= 15 is 0 Å². The molecule has 0 spiro atoms. The molecule has 0 N–H and O–H groups in total. The summed E-state index contributed by atoms with van der Waals surface area (Å²) < 4.78 is 2.29. The Kier molecular flexibility index (Phi) is 7.66. The zero-order chi connectivity index (χ0) is 35.1. The van der Waals surface area contributed by atoms with Crippen molar-refractivity contribution in [2.45, 2.75) is 0 Å². The van der Waals surface area contributed by atoms with Crippen molar-refractivity contribution in [1.29, 1.82) is 0 Å². The van der Waals surface area contributed by atoms with Crippen LogP contribution in [0.4, 0.5) is 22.2 Å². The van der Waals surface area contributed by atoms with E-state index in [-0.39, 0.29) is 0 Å². The third-order valence-electron chi connectivity index (χ3n) is 10.0. The molecule has 0 amide bonds. The van der Waals surface area contributed by atoms with Crippen molar-refractivity contribution in [3.05, 3.63) is 210 Å². The van der Waals surface area contributed by atoms with E-state index in [0.717, 1.165) is 66.9 Å². The third kappa shape index (κ3) is 5.39. The largest absolute Gasteiger partial charge is 0.311 e. The van der Waals surface area contributed by atoms with Gasteiger partial charge in [-0.1, -0.05) is 127 Å². The van der Waals surface area contributed by atoms with Crippen LogP contribution >= 0.6 is 11.3 Å². The van der Waals surface area contributed by atoms with Gasteiger partial charge in [0.25, 0.3) is 0 Å². The highest BCUT2D eigenvalue weighted by Crippen LogP contribution is 2.47. The molecule has 53 heavy (non-hydrogen) atoms. The molecule has 6 aromatic carbocycles. The van der Waals surface area contributed by atoms with Gasteiger partial charge in [0.1, 0.15) is 17.5 Å². The fourth-order valence-corrected chi connectivity index (χ4v) is 8.51. The number of para-hydroxylation sites is 2. The van der Waals surface area contributed by atoms with Crippen LogP contribution in [0.2, 0.25) is 0 Å². The maximum absolute atomic E-state index is 4.82. The summed E-state index contributed by atoms with van der Waals surface area (Å²) in [6, 6.07) is 62.7. The molecule has 0 atom stereocenters. The Hall–Kier alpha value is -6.76. The highest BCUT2D eigenvalue weighted by molar-refractivity contribution is 7.14. The Balaban J connectivity index is 1.22. The van der Waals surface area contributed by atoms with Crippen molar-refractivity contribution in [2.75, 3.05) is 16.5 Å². The smallest absolute Gasteiger partial charge is 0.170 e. The summed E-state index contributed by atoms with van der Waals surface area (Å²) in [5.41, 5.74) is 13.4. The molecule has 1 aliphatic rings. The van der Waals surface area contributed by atoms with Gasteiger partial charge >= 0.3 is 0 Å². The second kappa shape index (κ2) is 13.1. The molecule has 1 aliphatic heterocycles. The molecule has 0 saturated heterocycles. The van der Waals surface area contributed by atoms with Gasteiger partial charge in [0, 0.05) is 28.3 Å². The van der Waals surface area contributed by atoms with E-state index in [1.165, 1.54) is 16.3 Å². The molecule has 252 valence electrons. The summed E-state index contributed by atoms with van der Waals surface area (Å²) in [7, 11) is 0. The SMILES string of the molecule is c1ccc(C(=C(c2cccc(N3CN(c4ccccc4)c4ncsc43)c2)c2ccc3c4ccccc4n(-c4ccccn4)c3c2)c2ccccc2)cc1. The molecule has 0 radical (unpaired) electrons. The second-order valence-electron chi connectivity index (χ2n) is 13.1. The normalized spacial score (nSPS) is 12.4. The minimum Gasteiger partial charge on any atom is -0.311 e. The molecule has 3 aromatic heterocycles. The van der Waals surface area contributed by atoms with Crippen molar-refractivity contribution in [3.63, 3.8) is 0 Å². The van der Waals surface area contributed by atoms with Crippen LogP contribution in [0.5, 0.6) is 0 Å². The fourth-order valence-electron chi connectivity index (χ4n) is 7.70. The van der Waals surface area contributed by atoms with Crippen molar-refractivity contribution in [2.24, 2.45) is 0 Å². The van der Waals surface area contributed by atoms with Crippen LogP contribution in [0, 0.1) is 0 Å². The highest BCUT2D eigenvalue weighted by Gasteiger charge is 2.31. The lowest BCUT2D eigenvalue weighted by Crippen LogP contribution is -2.24. The van der Waals surface area contributed by atoms with Crippen LogP contribution in [0.25, 0.3) is 38.8 Å². The van der Waals surface area contributed by atoms with Gasteiger partial charge in [-0.25, -0.2) is 9.97 Å². The van der Waals surface area contributed by atoms with Gasteiger partial charge < -0.3 is 9.80 Å². The molecule has 6 heteroatoms. The van der Waals surface area contributed by atoms with Crippen LogP contribution in [0.15, 0.2) is 188 Å². The maximum Gasteiger partial charge on any atom is 0.170 e. The first-order valence-electron chi connectivity index (χ1n) is 17.8. The van der Waals surface area contributed by atoms with Crippen molar-refractivity contribution in [1.82, 2.24) is 14.5 Å². The topological polar surface area (TPSA) is 37.2 Å². The molecular weight excluding hydrogens is 667 g/mol. The van der Waals surface area contributed by atoms with Crippen LogP contribution in [-0.4, -0.2) is 21.2 Å². The van der Waals surface area contributed by atoms with E-state index in [9.17, 15) is 0 Å². The fraction of sp³-hybridized carbons (Fsp3) is 0.0213. The van der Waals surface area contributed by atoms with E-state index in [1.807, 2.05) is 17.8 Å². The maximum atomic E-state index is 4.82. The first-order chi connectivity index (χ1) is 26.3. The highest BCUT2D eigenvalue weighted by atomic mass is 32.1. The van der Waals surface area contributed by atoms with Gasteiger partial charge in [0.15, 0.2) is 5.82 Å². The van der Waals surface area contributed by atoms with Crippen LogP contribution in [0.3, 0.4) is 0 Å². The van der Waals surface area contributed by atoms with E-state index in [1.54, 1.807) is 11.3 Å². The number of hydrogen-bond acceptors (Lipinski definition) is 5. The number of fused-ring (bicyclic) bond motifs is 4. The van der Waals surface area contributed by atoms with E-state index < -0.39 is 0 Å². The summed E-state index contributed by atoms with van der Waals surface area (Å²) in [4.78, 5) is 14.3. The predicted octanol–water partition coefficient (Wildman–Crippen LogP) is 11.9. The Labute approximate surface area is 312 Å². The van der Waals surface area contributed by atoms with E-state index in [0.29, 0.717) is 6.67 Å². The van der Waals surface area contributed by atoms with Gasteiger partial charge in [-0.2, -0.15) is 0 Å². The van der Waals surface area contributed by atoms with Gasteiger partial charge in [0.2, 0.25) is 0 Å². The number of benzene rings is 6. The number of pyridine rings is 1. The van der Waals surface area contributed by atoms with E-state index in [4.69, 9.17) is 9.97 Å². The van der Waals surface area contributed by atoms with Gasteiger partial charge in [-0.3, -0.25) is 4.57 Å². The average molecular weight is 700 g/mol. The van der Waals surface area contributed by atoms with Crippen LogP contribution < -0.4 is 9.80 Å². The molecule has 0 fully saturated rings. The zero-order valence-electron chi connectivity index (χ0n) is 28.7. The minimum atomic E-state index is 0.682. The lowest BCUT2D eigenvalue weighted by atomic mass is 9.85. The quantitative estimate of drug-likeness (QED) is 0.155. The van der Waals surface area contributed by atoms with E-state index in [2.05, 4.69) is 184 Å². The summed E-state index contributed by atoms with van der Waals surface area (Å²) in [5, 5.41) is 3.54. The lowest BCUT2D eigenvalue weighted by molar-refractivity contribution is 0.981. The van der Waals surface area contributed by atoms with Crippen molar-refractivity contribution >= 4 is 66.5 Å². The molecule has 10 rings (SSSR count). The summed E-state index contributed by atoms with van der Waals surface area (Å²) in [6.07, 6.45) is 1.87. The third-order valence-corrected chi connectivity index (χ3v) is 10.9. The van der Waals surface area contributed by atoms with Crippen molar-refractivity contribution < 1.29 is 0 Å². The molecule has 9 aromatic rings. The Morgan fingerprint density at radius 1 is 0.472 bits per heavy atom. The molecule has 0 aliphatic carbocycles. The number of rotatable bonds is 7. The Morgan fingerprint density at radius 2 is 1.09 bits per heavy atom. The Bertz CT molecular complexity index is 2710. The van der Waals surface area contributed by atoms with Gasteiger partial charge in [0.05, 0.1) is 16.5 Å². The van der Waals surface area contributed by atoms with Crippen LogP contribution in [0.1, 0.15) is 22.3 Å². The molecule has 0 bridgehead atoms. The van der Waals surface area contributed by atoms with Gasteiger partial charge in [-0.05, 0) is 81.9 Å². The standard InChI is InChI=1S/C47H33N5S/c1-4-15-33(16-5-1)44(34-17-6-2-7-18-34)45(36-26-27-40-39-23-10-11-24-41(39)52(42(40)30-36)43-25-12-13-28-48-43)35-19-14-22-38(29-35)51-32-50(37-20-8-3-9-21-37)46-47(51)53-31-49-46/h1-31H,32H2. The molecule has 0 saturated carbocycles. The summed E-state index contributed by atoms with van der Waals surface area (Å²) >= 11 is 1.68. The Morgan fingerprint density at radius 3 is 1.85 bits per heavy atom. The monoisotopic (exact) mass is 699 g/mol. The number of thiazole rings is 1. The summed E-state index contributed by atoms with van der Waals surface area (Å²) in [5.74, 6) is 1.89. The number of aromatic nitrogens is 3. The number of nitrogens with zero attached hydrogens (tertiary/aromatic N) is 5.